The average Bonchev–Trinajstić information content (AvgIpc) is 1.61. The second-order valence-corrected chi connectivity index (χ2v) is 0.808. The molecule has 0 atom stereocenters. The molecule has 0 heterocycles. The van der Waals surface area contributed by atoms with Crippen LogP contribution in [0.5, 0.6) is 0 Å². The minimum Gasteiger partial charge on any atom is -0.486 e. The molecule has 7 heavy (non-hydrogen) atoms. The van der Waals surface area contributed by atoms with Crippen LogP contribution in [0.4, 0.5) is 4.79 Å². The Balaban J connectivity index is 3.26. The second-order valence-electron chi connectivity index (χ2n) is 0.808. The van der Waals surface area contributed by atoms with Gasteiger partial charge in [-0.1, -0.05) is 0 Å². The van der Waals surface area contributed by atoms with Gasteiger partial charge in [-0.3, -0.25) is 0 Å². The fraction of sp³-hybridized carbons (Fsp3) is 0.333. The van der Waals surface area contributed by atoms with Crippen molar-refractivity contribution in [1.29, 1.82) is 0 Å². The Morgan fingerprint density at radius 2 is 2.57 bits per heavy atom. The molecule has 0 aliphatic rings. The van der Waals surface area contributed by atoms with Gasteiger partial charge in [0.05, 0.1) is 7.11 Å². The first-order valence-electron chi connectivity index (χ1n) is 1.62. The monoisotopic (exact) mass is 102 g/mol. The van der Waals surface area contributed by atoms with Crippen LogP contribution >= 0.6 is 0 Å². The summed E-state index contributed by atoms with van der Waals surface area (Å²) in [5, 5.41) is 0. The molecular weight excluding hydrogens is 96.0 g/mol. The summed E-state index contributed by atoms with van der Waals surface area (Å²) in [5.74, 6) is 0. The lowest BCUT2D eigenvalue weighted by Crippen LogP contribution is -2.03. The van der Waals surface area contributed by atoms with Crippen LogP contribution in [0.2, 0.25) is 0 Å². The molecule has 0 aromatic rings. The molecule has 4 heteroatoms. The standard InChI is InChI=1S/C3H6N2O2/c1-7-2-5-3(4)6/h2H,1H3,(H2,4,6). The van der Waals surface area contributed by atoms with Crippen molar-refractivity contribution in [3.63, 3.8) is 0 Å². The van der Waals surface area contributed by atoms with E-state index in [-0.39, 0.29) is 0 Å². The van der Waals surface area contributed by atoms with Gasteiger partial charge < -0.3 is 10.5 Å². The normalized spacial score (nSPS) is 9.29. The number of ether oxygens (including phenoxy) is 1. The third-order valence-corrected chi connectivity index (χ3v) is 0.285. The van der Waals surface area contributed by atoms with Crippen molar-refractivity contribution < 1.29 is 9.53 Å². The van der Waals surface area contributed by atoms with E-state index in [2.05, 4.69) is 15.5 Å². The van der Waals surface area contributed by atoms with Crippen molar-refractivity contribution in [3.8, 4) is 0 Å². The summed E-state index contributed by atoms with van der Waals surface area (Å²) >= 11 is 0. The van der Waals surface area contributed by atoms with E-state index in [1.165, 1.54) is 7.11 Å². The highest BCUT2D eigenvalue weighted by atomic mass is 16.5. The average molecular weight is 102 g/mol. The van der Waals surface area contributed by atoms with Gasteiger partial charge in [0.15, 0.2) is 6.40 Å². The minimum absolute atomic E-state index is 0.748. The first kappa shape index (κ1) is 5.94. The summed E-state index contributed by atoms with van der Waals surface area (Å²) in [5.41, 5.74) is 4.56. The van der Waals surface area contributed by atoms with Gasteiger partial charge in [-0.15, -0.1) is 0 Å². The van der Waals surface area contributed by atoms with Crippen molar-refractivity contribution >= 4 is 12.4 Å². The van der Waals surface area contributed by atoms with Crippen LogP contribution in [-0.4, -0.2) is 19.5 Å². The molecule has 0 bridgehead atoms. The molecule has 0 fully saturated rings. The summed E-state index contributed by atoms with van der Waals surface area (Å²) < 4.78 is 4.26. The molecule has 0 aliphatic carbocycles. The van der Waals surface area contributed by atoms with Crippen molar-refractivity contribution in [2.75, 3.05) is 7.11 Å². The Morgan fingerprint density at radius 1 is 2.00 bits per heavy atom. The van der Waals surface area contributed by atoms with E-state index in [1.54, 1.807) is 0 Å². The number of methoxy groups -OCH3 is 1. The minimum atomic E-state index is -0.748. The maximum Gasteiger partial charge on any atom is 0.341 e. The van der Waals surface area contributed by atoms with E-state index in [9.17, 15) is 4.79 Å². The summed E-state index contributed by atoms with van der Waals surface area (Å²) in [6.07, 6.45) is 0.975. The summed E-state index contributed by atoms with van der Waals surface area (Å²) in [6.45, 7) is 0. The van der Waals surface area contributed by atoms with E-state index in [0.29, 0.717) is 0 Å². The summed E-state index contributed by atoms with van der Waals surface area (Å²) in [4.78, 5) is 12.7. The highest BCUT2D eigenvalue weighted by molar-refractivity contribution is 5.79. The van der Waals surface area contributed by atoms with Gasteiger partial charge in [0.1, 0.15) is 0 Å². The predicted molar refractivity (Wildman–Crippen MR) is 25.1 cm³/mol. The Kier molecular flexibility index (Phi) is 2.67. The highest BCUT2D eigenvalue weighted by Crippen LogP contribution is 1.62. The van der Waals surface area contributed by atoms with Crippen molar-refractivity contribution in [1.82, 2.24) is 0 Å². The zero-order chi connectivity index (χ0) is 5.70. The number of amides is 2. The van der Waals surface area contributed by atoms with Gasteiger partial charge in [0, 0.05) is 0 Å². The van der Waals surface area contributed by atoms with Gasteiger partial charge >= 0.3 is 6.03 Å². The number of aliphatic imine (C=N–C) groups is 1. The van der Waals surface area contributed by atoms with Crippen molar-refractivity contribution in [2.45, 2.75) is 0 Å². The van der Waals surface area contributed by atoms with E-state index < -0.39 is 6.03 Å². The molecule has 0 radical (unpaired) electrons. The predicted octanol–water partition coefficient (Wildman–Crippen LogP) is -0.260. The number of nitrogens with two attached hydrogens (primary N) is 1. The maximum absolute atomic E-state index is 9.70. The van der Waals surface area contributed by atoms with Crippen LogP contribution in [0.3, 0.4) is 0 Å². The SMILES string of the molecule is COC=NC(N)=O. The Labute approximate surface area is 41.0 Å². The van der Waals surface area contributed by atoms with Crippen LogP contribution in [0.1, 0.15) is 0 Å². The Hall–Kier alpha value is -1.06. The molecule has 4 nitrogen and oxygen atoms in total. The number of hydrogen-bond acceptors (Lipinski definition) is 2. The van der Waals surface area contributed by atoms with Gasteiger partial charge in [-0.2, -0.15) is 4.99 Å². The number of carbonyl (C=O) groups excluding carboxylic acids is 1. The molecule has 0 spiro atoms. The zero-order valence-electron chi connectivity index (χ0n) is 3.92. The van der Waals surface area contributed by atoms with Gasteiger partial charge in [-0.05, 0) is 0 Å². The molecule has 0 saturated carbocycles. The fourth-order valence-electron chi connectivity index (χ4n) is 0.105. The number of nitrogens with zero attached hydrogens (tertiary/aromatic N) is 1. The molecular formula is C3H6N2O2. The van der Waals surface area contributed by atoms with Gasteiger partial charge in [-0.25, -0.2) is 4.79 Å². The molecule has 40 valence electrons. The molecule has 0 unspecified atom stereocenters. The number of carbonyl (C=O) groups is 1. The first-order valence-corrected chi connectivity index (χ1v) is 1.62. The quantitative estimate of drug-likeness (QED) is 0.366. The smallest absolute Gasteiger partial charge is 0.341 e. The van der Waals surface area contributed by atoms with Crippen LogP contribution in [0.15, 0.2) is 4.99 Å². The molecule has 2 amide bonds. The van der Waals surface area contributed by atoms with Gasteiger partial charge in [0.25, 0.3) is 0 Å². The lowest BCUT2D eigenvalue weighted by Gasteiger charge is -1.79. The lowest BCUT2D eigenvalue weighted by atomic mass is 11.1. The van der Waals surface area contributed by atoms with E-state index >= 15 is 0 Å². The van der Waals surface area contributed by atoms with Crippen LogP contribution in [0, 0.1) is 0 Å². The van der Waals surface area contributed by atoms with Crippen molar-refractivity contribution in [3.05, 3.63) is 0 Å². The Morgan fingerprint density at radius 3 is 2.71 bits per heavy atom. The van der Waals surface area contributed by atoms with E-state index in [1.807, 2.05) is 0 Å². The maximum atomic E-state index is 9.70. The number of hydrogen-bond donors (Lipinski definition) is 1. The molecule has 0 saturated heterocycles. The van der Waals surface area contributed by atoms with E-state index in [0.717, 1.165) is 6.40 Å². The molecule has 0 aliphatic heterocycles. The number of urea groups is 1. The third kappa shape index (κ3) is 4.94. The lowest BCUT2D eigenvalue weighted by molar-refractivity contribution is 0.256. The number of primary amides is 1. The third-order valence-electron chi connectivity index (χ3n) is 0.285. The summed E-state index contributed by atoms with van der Waals surface area (Å²) in [6, 6.07) is -0.748. The molecule has 0 aromatic heterocycles. The summed E-state index contributed by atoms with van der Waals surface area (Å²) in [7, 11) is 1.38. The van der Waals surface area contributed by atoms with Crippen LogP contribution in [-0.2, 0) is 4.74 Å². The molecule has 2 N–H and O–H groups in total. The number of rotatable bonds is 1. The Bertz CT molecular complexity index is 88.9. The van der Waals surface area contributed by atoms with Crippen molar-refractivity contribution in [2.24, 2.45) is 10.7 Å². The fourth-order valence-corrected chi connectivity index (χ4v) is 0.105. The first-order chi connectivity index (χ1) is 3.27. The van der Waals surface area contributed by atoms with Gasteiger partial charge in [0.2, 0.25) is 0 Å². The van der Waals surface area contributed by atoms with Crippen LogP contribution in [0.25, 0.3) is 0 Å². The largest absolute Gasteiger partial charge is 0.486 e. The molecule has 0 rings (SSSR count). The second kappa shape index (κ2) is 3.14. The topological polar surface area (TPSA) is 64.7 Å². The van der Waals surface area contributed by atoms with Crippen LogP contribution < -0.4 is 5.73 Å². The zero-order valence-corrected chi connectivity index (χ0v) is 3.92. The van der Waals surface area contributed by atoms with E-state index in [4.69, 9.17) is 0 Å². The molecule has 0 aromatic carbocycles. The highest BCUT2D eigenvalue weighted by Gasteiger charge is 1.77.